The average Bonchev–Trinajstić information content (AvgIpc) is 2.91. The van der Waals surface area contributed by atoms with E-state index in [4.69, 9.17) is 5.73 Å². The molecule has 0 atom stereocenters. The molecule has 1 amide bonds. The minimum absolute atomic E-state index is 0.262. The molecule has 104 valence electrons. The Morgan fingerprint density at radius 1 is 1.35 bits per heavy atom. The molecule has 0 saturated carbocycles. The molecule has 7 nitrogen and oxygen atoms in total. The number of carbonyl (C=O) groups is 2. The highest BCUT2D eigenvalue weighted by Gasteiger charge is 2.09. The zero-order chi connectivity index (χ0) is 14.5. The number of rotatable bonds is 4. The number of nitrogens with two attached hydrogens (primary N) is 1. The molecular weight excluding hydrogens is 260 g/mol. The Labute approximate surface area is 115 Å². The summed E-state index contributed by atoms with van der Waals surface area (Å²) in [7, 11) is 1.33. The van der Waals surface area contributed by atoms with Gasteiger partial charge in [-0.1, -0.05) is 12.1 Å². The maximum atomic E-state index is 11.7. The zero-order valence-electron chi connectivity index (χ0n) is 10.8. The van der Waals surface area contributed by atoms with Crippen LogP contribution in [0.15, 0.2) is 30.3 Å². The van der Waals surface area contributed by atoms with E-state index in [9.17, 15) is 9.59 Å². The SMILES string of the molecule is COC(=O)c1ccc(CNC(=O)c2cc(N)n[nH]2)cc1. The number of methoxy groups -OCH3 is 1. The molecule has 0 bridgehead atoms. The molecule has 0 radical (unpaired) electrons. The second kappa shape index (κ2) is 5.87. The van der Waals surface area contributed by atoms with Crippen molar-refractivity contribution in [2.45, 2.75) is 6.54 Å². The fourth-order valence-electron chi connectivity index (χ4n) is 1.61. The standard InChI is InChI=1S/C13H14N4O3/c1-20-13(19)9-4-2-8(3-5-9)7-15-12(18)10-6-11(14)17-16-10/h2-6H,7H2,1H3,(H,15,18)(H3,14,16,17). The average molecular weight is 274 g/mol. The summed E-state index contributed by atoms with van der Waals surface area (Å²) in [6, 6.07) is 8.22. The number of benzene rings is 1. The van der Waals surface area contributed by atoms with Gasteiger partial charge < -0.3 is 15.8 Å². The molecule has 1 heterocycles. The van der Waals surface area contributed by atoms with Crippen molar-refractivity contribution < 1.29 is 14.3 Å². The van der Waals surface area contributed by atoms with Crippen LogP contribution in [0.2, 0.25) is 0 Å². The van der Waals surface area contributed by atoms with Gasteiger partial charge in [-0.15, -0.1) is 0 Å². The van der Waals surface area contributed by atoms with Crippen LogP contribution in [0.3, 0.4) is 0 Å². The van der Waals surface area contributed by atoms with Gasteiger partial charge in [0.05, 0.1) is 12.7 Å². The number of aromatic nitrogens is 2. The summed E-state index contributed by atoms with van der Waals surface area (Å²) in [5.74, 6) is -0.433. The van der Waals surface area contributed by atoms with Crippen molar-refractivity contribution >= 4 is 17.7 Å². The molecule has 1 aromatic carbocycles. The summed E-state index contributed by atoms with van der Waals surface area (Å²) in [6.07, 6.45) is 0. The van der Waals surface area contributed by atoms with Gasteiger partial charge in [0.25, 0.3) is 5.91 Å². The third-order valence-electron chi connectivity index (χ3n) is 2.67. The van der Waals surface area contributed by atoms with E-state index in [-0.39, 0.29) is 11.7 Å². The minimum atomic E-state index is -0.395. The van der Waals surface area contributed by atoms with Crippen LogP contribution >= 0.6 is 0 Å². The first-order valence-corrected chi connectivity index (χ1v) is 5.86. The van der Waals surface area contributed by atoms with Crippen molar-refractivity contribution in [3.05, 3.63) is 47.2 Å². The van der Waals surface area contributed by atoms with Gasteiger partial charge in [-0.25, -0.2) is 4.79 Å². The Balaban J connectivity index is 1.94. The molecule has 4 N–H and O–H groups in total. The molecule has 0 aliphatic rings. The van der Waals surface area contributed by atoms with Gasteiger partial charge >= 0.3 is 5.97 Å². The smallest absolute Gasteiger partial charge is 0.337 e. The van der Waals surface area contributed by atoms with Crippen LogP contribution in [0.1, 0.15) is 26.4 Å². The van der Waals surface area contributed by atoms with E-state index in [1.165, 1.54) is 13.2 Å². The molecule has 0 aliphatic carbocycles. The second-order valence-electron chi connectivity index (χ2n) is 4.08. The van der Waals surface area contributed by atoms with Crippen molar-refractivity contribution in [1.29, 1.82) is 0 Å². The number of ether oxygens (including phenoxy) is 1. The number of hydrogen-bond acceptors (Lipinski definition) is 5. The van der Waals surface area contributed by atoms with Crippen LogP contribution < -0.4 is 11.1 Å². The molecule has 0 saturated heterocycles. The molecule has 20 heavy (non-hydrogen) atoms. The van der Waals surface area contributed by atoms with E-state index in [2.05, 4.69) is 20.3 Å². The fraction of sp³-hybridized carbons (Fsp3) is 0.154. The minimum Gasteiger partial charge on any atom is -0.465 e. The maximum absolute atomic E-state index is 11.7. The monoisotopic (exact) mass is 274 g/mol. The summed E-state index contributed by atoms with van der Waals surface area (Å²) in [6.45, 7) is 0.333. The topological polar surface area (TPSA) is 110 Å². The van der Waals surface area contributed by atoms with E-state index >= 15 is 0 Å². The number of carbonyl (C=O) groups excluding carboxylic acids is 2. The number of amides is 1. The fourth-order valence-corrected chi connectivity index (χ4v) is 1.61. The number of nitrogens with one attached hydrogen (secondary N) is 2. The number of hydrogen-bond donors (Lipinski definition) is 3. The predicted molar refractivity (Wildman–Crippen MR) is 72.0 cm³/mol. The molecule has 7 heteroatoms. The largest absolute Gasteiger partial charge is 0.465 e. The Bertz CT molecular complexity index is 619. The summed E-state index contributed by atoms with van der Waals surface area (Å²) >= 11 is 0. The summed E-state index contributed by atoms with van der Waals surface area (Å²) in [5, 5.41) is 8.91. The first-order chi connectivity index (χ1) is 9.60. The second-order valence-corrected chi connectivity index (χ2v) is 4.08. The highest BCUT2D eigenvalue weighted by molar-refractivity contribution is 5.93. The van der Waals surface area contributed by atoms with Crippen LogP contribution in [0, 0.1) is 0 Å². The predicted octanol–water partition coefficient (Wildman–Crippen LogP) is 0.708. The number of nitrogens with zero attached hydrogens (tertiary/aromatic N) is 1. The van der Waals surface area contributed by atoms with E-state index in [1.807, 2.05) is 0 Å². The lowest BCUT2D eigenvalue weighted by atomic mass is 10.1. The first-order valence-electron chi connectivity index (χ1n) is 5.86. The van der Waals surface area contributed by atoms with Crippen LogP contribution in [-0.2, 0) is 11.3 Å². The maximum Gasteiger partial charge on any atom is 0.337 e. The van der Waals surface area contributed by atoms with E-state index in [0.29, 0.717) is 17.8 Å². The number of anilines is 1. The highest BCUT2D eigenvalue weighted by atomic mass is 16.5. The number of nitrogen functional groups attached to an aromatic ring is 1. The zero-order valence-corrected chi connectivity index (χ0v) is 10.8. The van der Waals surface area contributed by atoms with E-state index < -0.39 is 5.97 Å². The van der Waals surface area contributed by atoms with Crippen molar-refractivity contribution in [3.63, 3.8) is 0 Å². The van der Waals surface area contributed by atoms with Crippen molar-refractivity contribution in [2.24, 2.45) is 0 Å². The normalized spacial score (nSPS) is 10.1. The van der Waals surface area contributed by atoms with Crippen LogP contribution in [0.4, 0.5) is 5.82 Å². The molecular formula is C13H14N4O3. The third kappa shape index (κ3) is 3.14. The van der Waals surface area contributed by atoms with E-state index in [0.717, 1.165) is 5.56 Å². The van der Waals surface area contributed by atoms with Gasteiger partial charge in [0, 0.05) is 12.6 Å². The Hall–Kier alpha value is -2.83. The van der Waals surface area contributed by atoms with Crippen molar-refractivity contribution in [3.8, 4) is 0 Å². The molecule has 1 aromatic heterocycles. The highest BCUT2D eigenvalue weighted by Crippen LogP contribution is 2.06. The summed E-state index contributed by atoms with van der Waals surface area (Å²) in [4.78, 5) is 23.0. The van der Waals surface area contributed by atoms with Gasteiger partial charge in [-0.05, 0) is 17.7 Å². The quantitative estimate of drug-likeness (QED) is 0.711. The molecule has 0 fully saturated rings. The Morgan fingerprint density at radius 2 is 2.05 bits per heavy atom. The lowest BCUT2D eigenvalue weighted by Crippen LogP contribution is -2.23. The van der Waals surface area contributed by atoms with Crippen molar-refractivity contribution in [2.75, 3.05) is 12.8 Å². The molecule has 2 rings (SSSR count). The Morgan fingerprint density at radius 3 is 2.60 bits per heavy atom. The summed E-state index contributed by atoms with van der Waals surface area (Å²) in [5.41, 5.74) is 7.04. The number of esters is 1. The number of H-pyrrole nitrogens is 1. The van der Waals surface area contributed by atoms with Crippen LogP contribution in [0.5, 0.6) is 0 Å². The lowest BCUT2D eigenvalue weighted by molar-refractivity contribution is 0.0600. The molecule has 0 spiro atoms. The lowest BCUT2D eigenvalue weighted by Gasteiger charge is -2.05. The van der Waals surface area contributed by atoms with Crippen LogP contribution in [0.25, 0.3) is 0 Å². The van der Waals surface area contributed by atoms with Gasteiger partial charge in [-0.2, -0.15) is 5.10 Å². The van der Waals surface area contributed by atoms with Crippen LogP contribution in [-0.4, -0.2) is 29.2 Å². The van der Waals surface area contributed by atoms with Gasteiger partial charge in [-0.3, -0.25) is 9.89 Å². The molecule has 0 unspecified atom stereocenters. The van der Waals surface area contributed by atoms with Gasteiger partial charge in [0.2, 0.25) is 0 Å². The van der Waals surface area contributed by atoms with Crippen molar-refractivity contribution in [1.82, 2.24) is 15.5 Å². The third-order valence-corrected chi connectivity index (χ3v) is 2.67. The van der Waals surface area contributed by atoms with E-state index in [1.54, 1.807) is 24.3 Å². The molecule has 2 aromatic rings. The summed E-state index contributed by atoms with van der Waals surface area (Å²) < 4.78 is 4.60. The van der Waals surface area contributed by atoms with Gasteiger partial charge in [0.1, 0.15) is 11.5 Å². The van der Waals surface area contributed by atoms with Gasteiger partial charge in [0.15, 0.2) is 0 Å². The Kier molecular flexibility index (Phi) is 3.99. The number of aromatic amines is 1. The molecule has 0 aliphatic heterocycles. The first kappa shape index (κ1) is 13.6.